The molecule has 1 saturated heterocycles. The number of aliphatic hydroxyl groups is 1. The van der Waals surface area contributed by atoms with Gasteiger partial charge in [0, 0.05) is 36.8 Å². The van der Waals surface area contributed by atoms with E-state index in [-0.39, 0.29) is 24.0 Å². The van der Waals surface area contributed by atoms with E-state index >= 15 is 0 Å². The van der Waals surface area contributed by atoms with Crippen molar-refractivity contribution >= 4 is 23.4 Å². The van der Waals surface area contributed by atoms with E-state index in [9.17, 15) is 19.8 Å². The van der Waals surface area contributed by atoms with Crippen LogP contribution in [-0.4, -0.2) is 58.0 Å². The molecule has 1 heterocycles. The smallest absolute Gasteiger partial charge is 0.259 e. The number of carbonyl (C=O) groups is 2. The van der Waals surface area contributed by atoms with Crippen LogP contribution in [0.1, 0.15) is 29.3 Å². The van der Waals surface area contributed by atoms with E-state index < -0.39 is 5.60 Å². The summed E-state index contributed by atoms with van der Waals surface area (Å²) in [5.41, 5.74) is -0.781. The molecule has 3 rings (SSSR count). The number of amides is 2. The number of hydrogen-bond acceptors (Lipinski definition) is 4. The van der Waals surface area contributed by atoms with Crippen LogP contribution in [0.5, 0.6) is 5.75 Å². The van der Waals surface area contributed by atoms with Crippen LogP contribution in [0, 0.1) is 0 Å². The van der Waals surface area contributed by atoms with Gasteiger partial charge in [-0.15, -0.1) is 0 Å². The molecule has 2 amide bonds. The van der Waals surface area contributed by atoms with Gasteiger partial charge in [-0.2, -0.15) is 0 Å². The summed E-state index contributed by atoms with van der Waals surface area (Å²) < 4.78 is 0. The number of carbonyl (C=O) groups excluding carboxylic acids is 2. The van der Waals surface area contributed by atoms with E-state index in [4.69, 9.17) is 11.6 Å². The molecule has 0 aliphatic carbocycles. The zero-order chi connectivity index (χ0) is 20.3. The van der Waals surface area contributed by atoms with Crippen LogP contribution in [0.4, 0.5) is 0 Å². The predicted molar refractivity (Wildman–Crippen MR) is 106 cm³/mol. The second-order valence-electron chi connectivity index (χ2n) is 6.86. The number of aromatic hydroxyl groups is 1. The highest BCUT2D eigenvalue weighted by Crippen LogP contribution is 2.30. The van der Waals surface area contributed by atoms with E-state index in [1.807, 2.05) is 0 Å². The van der Waals surface area contributed by atoms with Gasteiger partial charge in [0.15, 0.2) is 5.60 Å². The summed E-state index contributed by atoms with van der Waals surface area (Å²) in [7, 11) is 0. The largest absolute Gasteiger partial charge is 0.508 e. The lowest BCUT2D eigenvalue weighted by atomic mass is 9.89. The number of hydrogen-bond donors (Lipinski definition) is 2. The Labute approximate surface area is 169 Å². The summed E-state index contributed by atoms with van der Waals surface area (Å²) in [6.45, 7) is 3.12. The van der Waals surface area contributed by atoms with Gasteiger partial charge < -0.3 is 20.0 Å². The van der Waals surface area contributed by atoms with Crippen molar-refractivity contribution in [2.45, 2.75) is 18.9 Å². The van der Waals surface area contributed by atoms with Crippen LogP contribution < -0.4 is 0 Å². The Morgan fingerprint density at radius 3 is 2.29 bits per heavy atom. The fourth-order valence-electron chi connectivity index (χ4n) is 3.42. The Morgan fingerprint density at radius 1 is 1.04 bits per heavy atom. The van der Waals surface area contributed by atoms with Crippen LogP contribution in [0.2, 0.25) is 5.02 Å². The zero-order valence-electron chi connectivity index (χ0n) is 15.6. The number of benzene rings is 2. The van der Waals surface area contributed by atoms with Crippen molar-refractivity contribution in [2.75, 3.05) is 26.2 Å². The fourth-order valence-corrected chi connectivity index (χ4v) is 3.61. The number of rotatable bonds is 4. The van der Waals surface area contributed by atoms with E-state index in [2.05, 4.69) is 0 Å². The van der Waals surface area contributed by atoms with E-state index in [0.29, 0.717) is 42.3 Å². The normalized spacial score (nSPS) is 16.5. The maximum Gasteiger partial charge on any atom is 0.259 e. The molecule has 2 aromatic carbocycles. The molecule has 0 bridgehead atoms. The highest BCUT2D eigenvalue weighted by Gasteiger charge is 2.40. The van der Waals surface area contributed by atoms with Crippen molar-refractivity contribution in [1.82, 2.24) is 9.80 Å². The van der Waals surface area contributed by atoms with Crippen molar-refractivity contribution in [3.63, 3.8) is 0 Å². The minimum Gasteiger partial charge on any atom is -0.508 e. The molecule has 6 nitrogen and oxygen atoms in total. The fraction of sp³-hybridized carbons (Fsp3) is 0.333. The number of phenols is 1. The van der Waals surface area contributed by atoms with Crippen LogP contribution in [0.3, 0.4) is 0 Å². The van der Waals surface area contributed by atoms with Crippen LogP contribution in [0.15, 0.2) is 48.5 Å². The summed E-state index contributed by atoms with van der Waals surface area (Å²) in [5.74, 6) is -0.542. The minimum atomic E-state index is -1.65. The highest BCUT2D eigenvalue weighted by atomic mass is 35.5. The van der Waals surface area contributed by atoms with Gasteiger partial charge in [0.25, 0.3) is 11.8 Å². The lowest BCUT2D eigenvalue weighted by Crippen LogP contribution is -2.55. The van der Waals surface area contributed by atoms with Crippen LogP contribution in [-0.2, 0) is 10.4 Å². The van der Waals surface area contributed by atoms with E-state index in [1.54, 1.807) is 53.1 Å². The highest BCUT2D eigenvalue weighted by molar-refractivity contribution is 6.30. The van der Waals surface area contributed by atoms with Crippen LogP contribution in [0.25, 0.3) is 0 Å². The van der Waals surface area contributed by atoms with Crippen molar-refractivity contribution in [3.8, 4) is 5.75 Å². The summed E-state index contributed by atoms with van der Waals surface area (Å²) in [5, 5.41) is 21.1. The third kappa shape index (κ3) is 3.98. The summed E-state index contributed by atoms with van der Waals surface area (Å²) in [6, 6.07) is 12.9. The van der Waals surface area contributed by atoms with Gasteiger partial charge in [-0.3, -0.25) is 9.59 Å². The molecule has 2 N–H and O–H groups in total. The molecule has 148 valence electrons. The molecule has 7 heteroatoms. The van der Waals surface area contributed by atoms with Gasteiger partial charge in [-0.1, -0.05) is 36.7 Å². The van der Waals surface area contributed by atoms with Crippen molar-refractivity contribution in [3.05, 3.63) is 64.7 Å². The van der Waals surface area contributed by atoms with E-state index in [1.165, 1.54) is 12.1 Å². The van der Waals surface area contributed by atoms with Gasteiger partial charge in [0.2, 0.25) is 0 Å². The van der Waals surface area contributed by atoms with Crippen molar-refractivity contribution in [1.29, 1.82) is 0 Å². The Bertz CT molecular complexity index is 880. The molecule has 1 atom stereocenters. The summed E-state index contributed by atoms with van der Waals surface area (Å²) in [4.78, 5) is 28.9. The maximum atomic E-state index is 13.1. The summed E-state index contributed by atoms with van der Waals surface area (Å²) in [6.07, 6.45) is 0.217. The third-order valence-electron chi connectivity index (χ3n) is 5.11. The molecule has 1 fully saturated rings. The lowest BCUT2D eigenvalue weighted by Gasteiger charge is -2.39. The van der Waals surface area contributed by atoms with Crippen molar-refractivity contribution < 1.29 is 19.8 Å². The maximum absolute atomic E-state index is 13.1. The number of phenolic OH excluding ortho intramolecular Hbond substituents is 1. The Balaban J connectivity index is 1.70. The first-order valence-corrected chi connectivity index (χ1v) is 9.59. The van der Waals surface area contributed by atoms with E-state index in [0.717, 1.165) is 0 Å². The third-order valence-corrected chi connectivity index (χ3v) is 5.35. The monoisotopic (exact) mass is 402 g/mol. The predicted octanol–water partition coefficient (Wildman–Crippen LogP) is 2.63. The van der Waals surface area contributed by atoms with Gasteiger partial charge in [-0.05, 0) is 42.3 Å². The zero-order valence-corrected chi connectivity index (χ0v) is 16.4. The van der Waals surface area contributed by atoms with Gasteiger partial charge >= 0.3 is 0 Å². The average molecular weight is 403 g/mol. The quantitative estimate of drug-likeness (QED) is 0.823. The van der Waals surface area contributed by atoms with Gasteiger partial charge in [0.1, 0.15) is 5.75 Å². The SMILES string of the molecule is CCC(O)(C(=O)N1CCN(C(=O)c2cccc(O)c2)CC1)c1cccc(Cl)c1. The van der Waals surface area contributed by atoms with Crippen LogP contribution >= 0.6 is 11.6 Å². The Hall–Kier alpha value is -2.57. The molecule has 1 aliphatic heterocycles. The molecule has 1 unspecified atom stereocenters. The molecule has 0 radical (unpaired) electrons. The number of nitrogens with zero attached hydrogens (tertiary/aromatic N) is 2. The minimum absolute atomic E-state index is 0.0363. The molecule has 2 aromatic rings. The van der Waals surface area contributed by atoms with Gasteiger partial charge in [-0.25, -0.2) is 0 Å². The second-order valence-corrected chi connectivity index (χ2v) is 7.30. The Kier molecular flexibility index (Phi) is 5.91. The first kappa shape index (κ1) is 20.2. The molecule has 0 spiro atoms. The molecule has 0 saturated carbocycles. The standard InChI is InChI=1S/C21H23ClN2O4/c1-2-21(28,16-6-4-7-17(22)14-16)20(27)24-11-9-23(10-12-24)19(26)15-5-3-8-18(25)13-15/h3-8,13-14,25,28H,2,9-12H2,1H3. The van der Waals surface area contributed by atoms with Crippen molar-refractivity contribution in [2.24, 2.45) is 0 Å². The number of halogens is 1. The molecular weight excluding hydrogens is 380 g/mol. The topological polar surface area (TPSA) is 81.1 Å². The average Bonchev–Trinajstić information content (AvgIpc) is 2.72. The molecule has 28 heavy (non-hydrogen) atoms. The molecular formula is C21H23ClN2O4. The lowest BCUT2D eigenvalue weighted by molar-refractivity contribution is -0.154. The molecule has 0 aromatic heterocycles. The molecule has 1 aliphatic rings. The summed E-state index contributed by atoms with van der Waals surface area (Å²) >= 11 is 6.02. The van der Waals surface area contributed by atoms with Gasteiger partial charge in [0.05, 0.1) is 0 Å². The number of piperazine rings is 1. The first-order valence-electron chi connectivity index (χ1n) is 9.21. The Morgan fingerprint density at radius 2 is 1.68 bits per heavy atom. The second kappa shape index (κ2) is 8.20. The first-order chi connectivity index (χ1) is 13.3.